The van der Waals surface area contributed by atoms with Gasteiger partial charge in [-0.3, -0.25) is 10.1 Å². The second kappa shape index (κ2) is 7.63. The van der Waals surface area contributed by atoms with Gasteiger partial charge in [-0.15, -0.1) is 0 Å². The second-order valence-electron chi connectivity index (χ2n) is 4.60. The van der Waals surface area contributed by atoms with E-state index in [1.54, 1.807) is 6.92 Å². The van der Waals surface area contributed by atoms with Crippen molar-refractivity contribution in [3.8, 4) is 0 Å². The molecule has 0 bridgehead atoms. The molecule has 0 radical (unpaired) electrons. The maximum absolute atomic E-state index is 11.2. The van der Waals surface area contributed by atoms with E-state index in [1.165, 1.54) is 7.11 Å². The van der Waals surface area contributed by atoms with E-state index in [2.05, 4.69) is 24.1 Å². The molecule has 0 aromatic rings. The molecule has 2 N–H and O–H groups in total. The van der Waals surface area contributed by atoms with Crippen molar-refractivity contribution in [1.29, 1.82) is 0 Å². The predicted octanol–water partition coefficient (Wildman–Crippen LogP) is 0.796. The van der Waals surface area contributed by atoms with Crippen LogP contribution in [0.15, 0.2) is 0 Å². The Hall–Kier alpha value is -0.650. The molecule has 0 aliphatic rings. The smallest absolute Gasteiger partial charge is 0.326 e. The summed E-state index contributed by atoms with van der Waals surface area (Å²) in [6.07, 6.45) is 0. The average Bonchev–Trinajstić information content (AvgIpc) is 2.25. The number of likely N-dealkylation sites (N-methyl/N-ethyl adjacent to an activating group) is 1. The zero-order valence-electron chi connectivity index (χ0n) is 11.6. The quantitative estimate of drug-likeness (QED) is 0.630. The van der Waals surface area contributed by atoms with Gasteiger partial charge in [-0.1, -0.05) is 13.8 Å². The van der Waals surface area contributed by atoms with Crippen LogP contribution < -0.4 is 5.32 Å². The van der Waals surface area contributed by atoms with Crippen molar-refractivity contribution >= 4 is 5.97 Å². The van der Waals surface area contributed by atoms with E-state index in [0.29, 0.717) is 0 Å². The minimum absolute atomic E-state index is 0.103. The van der Waals surface area contributed by atoms with Crippen LogP contribution >= 0.6 is 0 Å². The van der Waals surface area contributed by atoms with Crippen LogP contribution in [0.1, 0.15) is 27.7 Å². The molecule has 0 aliphatic carbocycles. The van der Waals surface area contributed by atoms with Crippen LogP contribution in [0.2, 0.25) is 0 Å². The molecule has 0 amide bonds. The van der Waals surface area contributed by atoms with E-state index < -0.39 is 11.5 Å². The molecule has 0 aromatic heterocycles. The highest BCUT2D eigenvalue weighted by Gasteiger charge is 2.34. The number of rotatable bonds is 9. The minimum atomic E-state index is -1.03. The van der Waals surface area contributed by atoms with Crippen molar-refractivity contribution in [3.05, 3.63) is 0 Å². The van der Waals surface area contributed by atoms with Crippen LogP contribution in [-0.4, -0.2) is 60.9 Å². The van der Waals surface area contributed by atoms with Gasteiger partial charge in [-0.25, -0.2) is 0 Å². The van der Waals surface area contributed by atoms with E-state index in [1.807, 2.05) is 6.92 Å². The molecule has 102 valence electrons. The number of nitrogens with one attached hydrogen (secondary N) is 1. The van der Waals surface area contributed by atoms with Gasteiger partial charge in [0.15, 0.2) is 0 Å². The van der Waals surface area contributed by atoms with Gasteiger partial charge in [-0.05, 0) is 26.9 Å². The first-order chi connectivity index (χ1) is 7.89. The van der Waals surface area contributed by atoms with Crippen LogP contribution in [0.5, 0.6) is 0 Å². The van der Waals surface area contributed by atoms with E-state index in [9.17, 15) is 9.90 Å². The molecule has 0 heterocycles. The van der Waals surface area contributed by atoms with Crippen molar-refractivity contribution in [2.24, 2.45) is 0 Å². The Morgan fingerprint density at radius 1 is 1.47 bits per heavy atom. The molecule has 0 rings (SSSR count). The lowest BCUT2D eigenvalue weighted by Gasteiger charge is -2.31. The molecule has 0 saturated carbocycles. The molecule has 0 aliphatic heterocycles. The van der Waals surface area contributed by atoms with Crippen LogP contribution in [0.4, 0.5) is 0 Å². The maximum Gasteiger partial charge on any atom is 0.326 e. The lowest BCUT2D eigenvalue weighted by molar-refractivity contribution is -0.146. The number of aliphatic carboxylic acids is 1. The molecule has 0 fully saturated rings. The van der Waals surface area contributed by atoms with Gasteiger partial charge in [0.1, 0.15) is 5.54 Å². The lowest BCUT2D eigenvalue weighted by Crippen LogP contribution is -2.58. The summed E-state index contributed by atoms with van der Waals surface area (Å²) >= 11 is 0. The normalized spacial score (nSPS) is 16.8. The van der Waals surface area contributed by atoms with Gasteiger partial charge in [0.2, 0.25) is 0 Å². The Bertz CT molecular complexity index is 232. The highest BCUT2D eigenvalue weighted by atomic mass is 16.5. The number of hydrogen-bond acceptors (Lipinski definition) is 4. The second-order valence-corrected chi connectivity index (χ2v) is 4.60. The lowest BCUT2D eigenvalue weighted by atomic mass is 10.0. The molecule has 5 heteroatoms. The van der Waals surface area contributed by atoms with Gasteiger partial charge in [-0.2, -0.15) is 0 Å². The van der Waals surface area contributed by atoms with E-state index in [-0.39, 0.29) is 12.6 Å². The summed E-state index contributed by atoms with van der Waals surface area (Å²) in [5.74, 6) is -0.884. The van der Waals surface area contributed by atoms with Crippen LogP contribution in [0, 0.1) is 0 Å². The number of methoxy groups -OCH3 is 1. The molecular formula is C12H26N2O3. The summed E-state index contributed by atoms with van der Waals surface area (Å²) in [4.78, 5) is 13.5. The molecule has 2 atom stereocenters. The summed E-state index contributed by atoms with van der Waals surface area (Å²) in [7, 11) is 1.51. The average molecular weight is 246 g/mol. The number of carboxylic acids is 1. The van der Waals surface area contributed by atoms with Crippen LogP contribution in [0.3, 0.4) is 0 Å². The summed E-state index contributed by atoms with van der Waals surface area (Å²) in [6.45, 7) is 10.8. The monoisotopic (exact) mass is 246 g/mol. The highest BCUT2D eigenvalue weighted by Crippen LogP contribution is 2.07. The van der Waals surface area contributed by atoms with Crippen molar-refractivity contribution < 1.29 is 14.6 Å². The maximum atomic E-state index is 11.2. The van der Waals surface area contributed by atoms with E-state index in [4.69, 9.17) is 4.74 Å². The van der Waals surface area contributed by atoms with Crippen molar-refractivity contribution in [2.45, 2.75) is 39.3 Å². The standard InChI is InChI=1S/C12H26N2O3/c1-6-14(7-2)8-10(3)13-12(4,9-17-5)11(15)16/h10,13H,6-9H2,1-5H3,(H,15,16). The molecular weight excluding hydrogens is 220 g/mol. The summed E-state index contributed by atoms with van der Waals surface area (Å²) < 4.78 is 4.97. The van der Waals surface area contributed by atoms with Gasteiger partial charge in [0.25, 0.3) is 0 Å². The third-order valence-electron chi connectivity index (χ3n) is 2.90. The number of carbonyl (C=O) groups is 1. The third kappa shape index (κ3) is 5.48. The Labute approximate surface area is 104 Å². The fourth-order valence-corrected chi connectivity index (χ4v) is 1.91. The van der Waals surface area contributed by atoms with Crippen LogP contribution in [0.25, 0.3) is 0 Å². The molecule has 0 aromatic carbocycles. The molecule has 17 heavy (non-hydrogen) atoms. The summed E-state index contributed by atoms with van der Waals surface area (Å²) in [6, 6.07) is 0.103. The number of nitrogens with zero attached hydrogens (tertiary/aromatic N) is 1. The zero-order chi connectivity index (χ0) is 13.5. The van der Waals surface area contributed by atoms with Crippen molar-refractivity contribution in [3.63, 3.8) is 0 Å². The Morgan fingerprint density at radius 3 is 2.35 bits per heavy atom. The number of ether oxygens (including phenoxy) is 1. The SMILES string of the molecule is CCN(CC)CC(C)NC(C)(COC)C(=O)O. The molecule has 5 nitrogen and oxygen atoms in total. The summed E-state index contributed by atoms with van der Waals surface area (Å²) in [5, 5.41) is 12.3. The van der Waals surface area contributed by atoms with E-state index >= 15 is 0 Å². The Morgan fingerprint density at radius 2 is 2.00 bits per heavy atom. The largest absolute Gasteiger partial charge is 0.480 e. The fourth-order valence-electron chi connectivity index (χ4n) is 1.91. The highest BCUT2D eigenvalue weighted by molar-refractivity contribution is 5.78. The van der Waals surface area contributed by atoms with Crippen molar-refractivity contribution in [2.75, 3.05) is 33.4 Å². The third-order valence-corrected chi connectivity index (χ3v) is 2.90. The minimum Gasteiger partial charge on any atom is -0.480 e. The van der Waals surface area contributed by atoms with Crippen molar-refractivity contribution in [1.82, 2.24) is 10.2 Å². The topological polar surface area (TPSA) is 61.8 Å². The predicted molar refractivity (Wildman–Crippen MR) is 68.3 cm³/mol. The summed E-state index contributed by atoms with van der Waals surface area (Å²) in [5.41, 5.74) is -1.03. The first-order valence-corrected chi connectivity index (χ1v) is 6.12. The van der Waals surface area contributed by atoms with Gasteiger partial charge >= 0.3 is 5.97 Å². The van der Waals surface area contributed by atoms with E-state index in [0.717, 1.165) is 19.6 Å². The molecule has 0 saturated heterocycles. The number of hydrogen-bond donors (Lipinski definition) is 2. The molecule has 2 unspecified atom stereocenters. The van der Waals surface area contributed by atoms with Gasteiger partial charge < -0.3 is 14.7 Å². The van der Waals surface area contributed by atoms with Gasteiger partial charge in [0.05, 0.1) is 6.61 Å². The number of carboxylic acid groups (broad SMARTS) is 1. The van der Waals surface area contributed by atoms with Crippen LogP contribution in [-0.2, 0) is 9.53 Å². The fraction of sp³-hybridized carbons (Fsp3) is 0.917. The first kappa shape index (κ1) is 16.4. The zero-order valence-corrected chi connectivity index (χ0v) is 11.6. The Balaban J connectivity index is 4.40. The first-order valence-electron chi connectivity index (χ1n) is 6.12. The Kier molecular flexibility index (Phi) is 7.34. The van der Waals surface area contributed by atoms with Gasteiger partial charge in [0, 0.05) is 19.7 Å². The molecule has 0 spiro atoms.